The van der Waals surface area contributed by atoms with Gasteiger partial charge in [0.1, 0.15) is 6.33 Å². The van der Waals surface area contributed by atoms with Crippen molar-refractivity contribution in [3.05, 3.63) is 59.5 Å². The fourth-order valence-corrected chi connectivity index (χ4v) is 1.92. The molecule has 1 aromatic carbocycles. The Kier molecular flexibility index (Phi) is 2.89. The number of anilines is 1. The third-order valence-electron chi connectivity index (χ3n) is 2.64. The molecule has 0 aliphatic carbocycles. The van der Waals surface area contributed by atoms with Gasteiger partial charge in [0.25, 0.3) is 5.91 Å². The maximum Gasteiger partial charge on any atom is 0.257 e. The predicted molar refractivity (Wildman–Crippen MR) is 72.4 cm³/mol. The van der Waals surface area contributed by atoms with Crippen LogP contribution in [0.25, 0.3) is 5.65 Å². The van der Waals surface area contributed by atoms with E-state index in [2.05, 4.69) is 15.5 Å². The van der Waals surface area contributed by atoms with Crippen LogP contribution in [-0.4, -0.2) is 20.5 Å². The van der Waals surface area contributed by atoms with Crippen molar-refractivity contribution >= 4 is 28.8 Å². The highest BCUT2D eigenvalue weighted by Crippen LogP contribution is 2.16. The molecule has 1 amide bonds. The van der Waals surface area contributed by atoms with Gasteiger partial charge in [-0.05, 0) is 30.3 Å². The molecule has 0 unspecified atom stereocenters. The molecule has 6 heteroatoms. The number of benzene rings is 1. The number of carbonyl (C=O) groups excluding carboxylic acids is 1. The summed E-state index contributed by atoms with van der Waals surface area (Å²) in [5.74, 6) is -0.210. The number of hydrogen-bond donors (Lipinski definition) is 1. The molecule has 5 nitrogen and oxygen atoms in total. The number of pyridine rings is 1. The average Bonchev–Trinajstić information content (AvgIpc) is 2.85. The molecule has 0 aliphatic rings. The summed E-state index contributed by atoms with van der Waals surface area (Å²) >= 11 is 5.87. The summed E-state index contributed by atoms with van der Waals surface area (Å²) < 4.78 is 1.69. The fraction of sp³-hybridized carbons (Fsp3) is 0. The maximum absolute atomic E-state index is 12.1. The van der Waals surface area contributed by atoms with Crippen LogP contribution in [0.4, 0.5) is 5.69 Å². The number of nitrogens with one attached hydrogen (secondary N) is 1. The largest absolute Gasteiger partial charge is 0.322 e. The Hall–Kier alpha value is -2.40. The first-order valence-electron chi connectivity index (χ1n) is 5.59. The number of hydrogen-bond acceptors (Lipinski definition) is 3. The molecule has 1 N–H and O–H groups in total. The van der Waals surface area contributed by atoms with Crippen molar-refractivity contribution in [1.29, 1.82) is 0 Å². The van der Waals surface area contributed by atoms with E-state index < -0.39 is 0 Å². The molecule has 3 rings (SSSR count). The Morgan fingerprint density at radius 2 is 2.16 bits per heavy atom. The second-order valence-corrected chi connectivity index (χ2v) is 4.42. The second-order valence-electron chi connectivity index (χ2n) is 3.98. The highest BCUT2D eigenvalue weighted by Gasteiger charge is 2.07. The van der Waals surface area contributed by atoms with E-state index in [-0.39, 0.29) is 5.91 Å². The standard InChI is InChI=1S/C13H9ClN4O/c14-10-2-1-3-11(6-10)16-13(19)9-4-5-12-17-15-8-18(12)7-9/h1-8H,(H,16,19). The number of amides is 1. The van der Waals surface area contributed by atoms with Crippen molar-refractivity contribution in [2.24, 2.45) is 0 Å². The average molecular weight is 273 g/mol. The van der Waals surface area contributed by atoms with Gasteiger partial charge in [-0.3, -0.25) is 9.20 Å². The summed E-state index contributed by atoms with van der Waals surface area (Å²) in [5, 5.41) is 11.0. The zero-order valence-electron chi connectivity index (χ0n) is 9.75. The molecule has 0 saturated heterocycles. The van der Waals surface area contributed by atoms with Gasteiger partial charge >= 0.3 is 0 Å². The van der Waals surface area contributed by atoms with E-state index in [1.54, 1.807) is 53.3 Å². The van der Waals surface area contributed by atoms with Gasteiger partial charge in [0.2, 0.25) is 0 Å². The first kappa shape index (κ1) is 11.7. The lowest BCUT2D eigenvalue weighted by atomic mass is 10.2. The summed E-state index contributed by atoms with van der Waals surface area (Å²) in [6, 6.07) is 10.4. The van der Waals surface area contributed by atoms with E-state index in [4.69, 9.17) is 11.6 Å². The van der Waals surface area contributed by atoms with E-state index in [9.17, 15) is 4.79 Å². The van der Waals surface area contributed by atoms with Gasteiger partial charge < -0.3 is 5.32 Å². The van der Waals surface area contributed by atoms with Crippen molar-refractivity contribution in [3.63, 3.8) is 0 Å². The molecule has 0 bridgehead atoms. The van der Waals surface area contributed by atoms with Crippen LogP contribution in [0.15, 0.2) is 48.9 Å². The van der Waals surface area contributed by atoms with Crippen molar-refractivity contribution in [2.75, 3.05) is 5.32 Å². The molecule has 19 heavy (non-hydrogen) atoms. The normalized spacial score (nSPS) is 10.6. The lowest BCUT2D eigenvalue weighted by molar-refractivity contribution is 0.102. The zero-order chi connectivity index (χ0) is 13.2. The van der Waals surface area contributed by atoms with Gasteiger partial charge in [0, 0.05) is 16.9 Å². The number of nitrogens with zero attached hydrogens (tertiary/aromatic N) is 3. The highest BCUT2D eigenvalue weighted by atomic mass is 35.5. The quantitative estimate of drug-likeness (QED) is 0.780. The Labute approximate surface area is 113 Å². The lowest BCUT2D eigenvalue weighted by Crippen LogP contribution is -2.12. The second kappa shape index (κ2) is 4.70. The molecule has 0 aliphatic heterocycles. The van der Waals surface area contributed by atoms with E-state index in [0.29, 0.717) is 21.9 Å². The smallest absolute Gasteiger partial charge is 0.257 e. The summed E-state index contributed by atoms with van der Waals surface area (Å²) in [6.07, 6.45) is 3.22. The third kappa shape index (κ3) is 2.41. The fourth-order valence-electron chi connectivity index (χ4n) is 1.73. The minimum atomic E-state index is -0.210. The molecular weight excluding hydrogens is 264 g/mol. The molecule has 3 aromatic rings. The van der Waals surface area contributed by atoms with Gasteiger partial charge in [-0.1, -0.05) is 17.7 Å². The van der Waals surface area contributed by atoms with Gasteiger partial charge in [0.15, 0.2) is 5.65 Å². The molecule has 2 aromatic heterocycles. The molecule has 0 radical (unpaired) electrons. The maximum atomic E-state index is 12.1. The minimum absolute atomic E-state index is 0.210. The first-order chi connectivity index (χ1) is 9.22. The molecule has 2 heterocycles. The number of halogens is 1. The molecule has 0 saturated carbocycles. The molecule has 0 spiro atoms. The zero-order valence-corrected chi connectivity index (χ0v) is 10.5. The van der Waals surface area contributed by atoms with Crippen LogP contribution in [-0.2, 0) is 0 Å². The van der Waals surface area contributed by atoms with Gasteiger partial charge in [0.05, 0.1) is 5.56 Å². The monoisotopic (exact) mass is 272 g/mol. The summed E-state index contributed by atoms with van der Waals surface area (Å²) in [7, 11) is 0. The van der Waals surface area contributed by atoms with Crippen LogP contribution in [0, 0.1) is 0 Å². The van der Waals surface area contributed by atoms with E-state index in [1.165, 1.54) is 0 Å². The summed E-state index contributed by atoms with van der Waals surface area (Å²) in [4.78, 5) is 12.1. The van der Waals surface area contributed by atoms with Crippen LogP contribution >= 0.6 is 11.6 Å². The third-order valence-corrected chi connectivity index (χ3v) is 2.87. The minimum Gasteiger partial charge on any atom is -0.322 e. The van der Waals surface area contributed by atoms with Crippen molar-refractivity contribution in [1.82, 2.24) is 14.6 Å². The molecule has 0 atom stereocenters. The van der Waals surface area contributed by atoms with Crippen LogP contribution in [0.5, 0.6) is 0 Å². The predicted octanol–water partition coefficient (Wildman–Crippen LogP) is 2.64. The SMILES string of the molecule is O=C(Nc1cccc(Cl)c1)c1ccc2nncn2c1. The Balaban J connectivity index is 1.87. The van der Waals surface area contributed by atoms with Gasteiger partial charge in [-0.15, -0.1) is 10.2 Å². The van der Waals surface area contributed by atoms with Crippen molar-refractivity contribution < 1.29 is 4.79 Å². The summed E-state index contributed by atoms with van der Waals surface area (Å²) in [6.45, 7) is 0. The summed E-state index contributed by atoms with van der Waals surface area (Å²) in [5.41, 5.74) is 1.87. The van der Waals surface area contributed by atoms with Crippen LogP contribution in [0.3, 0.4) is 0 Å². The number of carbonyl (C=O) groups is 1. The Bertz CT molecular complexity index is 753. The van der Waals surface area contributed by atoms with Crippen LogP contribution < -0.4 is 5.32 Å². The lowest BCUT2D eigenvalue weighted by Gasteiger charge is -2.05. The van der Waals surface area contributed by atoms with E-state index in [1.807, 2.05) is 0 Å². The highest BCUT2D eigenvalue weighted by molar-refractivity contribution is 6.30. The Morgan fingerprint density at radius 1 is 1.26 bits per heavy atom. The Morgan fingerprint density at radius 3 is 3.00 bits per heavy atom. The number of aromatic nitrogens is 3. The van der Waals surface area contributed by atoms with Crippen molar-refractivity contribution in [2.45, 2.75) is 0 Å². The van der Waals surface area contributed by atoms with E-state index >= 15 is 0 Å². The van der Waals surface area contributed by atoms with Crippen LogP contribution in [0.1, 0.15) is 10.4 Å². The van der Waals surface area contributed by atoms with E-state index in [0.717, 1.165) is 0 Å². The van der Waals surface area contributed by atoms with Crippen molar-refractivity contribution in [3.8, 4) is 0 Å². The molecule has 0 fully saturated rings. The number of fused-ring (bicyclic) bond motifs is 1. The molecule has 94 valence electrons. The number of rotatable bonds is 2. The van der Waals surface area contributed by atoms with Gasteiger partial charge in [-0.2, -0.15) is 0 Å². The molecular formula is C13H9ClN4O. The first-order valence-corrected chi connectivity index (χ1v) is 5.96. The topological polar surface area (TPSA) is 59.3 Å². The van der Waals surface area contributed by atoms with Crippen LogP contribution in [0.2, 0.25) is 5.02 Å². The van der Waals surface area contributed by atoms with Gasteiger partial charge in [-0.25, -0.2) is 0 Å².